The Bertz CT molecular complexity index is 1310. The van der Waals surface area contributed by atoms with Crippen molar-refractivity contribution < 1.29 is 23.4 Å². The average Bonchev–Trinajstić information content (AvgIpc) is 2.83. The number of aliphatic hydroxyl groups excluding tert-OH is 1. The minimum absolute atomic E-state index is 0.119. The van der Waals surface area contributed by atoms with Gasteiger partial charge in [0.1, 0.15) is 5.75 Å². The van der Waals surface area contributed by atoms with E-state index < -0.39 is 23.4 Å². The Morgan fingerprint density at radius 3 is 2.76 bits per heavy atom. The molecule has 1 aliphatic heterocycles. The van der Waals surface area contributed by atoms with Crippen molar-refractivity contribution in [1.82, 2.24) is 9.88 Å². The van der Waals surface area contributed by atoms with Crippen LogP contribution in [0.15, 0.2) is 46.1 Å². The van der Waals surface area contributed by atoms with E-state index in [0.717, 1.165) is 49.9 Å². The molecule has 0 amide bonds. The third-order valence-corrected chi connectivity index (χ3v) is 8.16. The Kier molecular flexibility index (Phi) is 8.78. The molecule has 0 bridgehead atoms. The molecule has 2 atom stereocenters. The van der Waals surface area contributed by atoms with Crippen LogP contribution in [-0.4, -0.2) is 51.6 Å². The van der Waals surface area contributed by atoms with E-state index >= 15 is 0 Å². The molecule has 10 heteroatoms. The molecule has 0 aliphatic carbocycles. The first-order chi connectivity index (χ1) is 17.5. The van der Waals surface area contributed by atoms with E-state index in [4.69, 9.17) is 11.6 Å². The molecule has 1 fully saturated rings. The van der Waals surface area contributed by atoms with Gasteiger partial charge in [-0.05, 0) is 81.1 Å². The van der Waals surface area contributed by atoms with Crippen molar-refractivity contribution in [1.29, 1.82) is 0 Å². The van der Waals surface area contributed by atoms with E-state index in [2.05, 4.69) is 16.8 Å². The number of aromatic amines is 1. The van der Waals surface area contributed by atoms with Crippen LogP contribution in [0, 0.1) is 5.92 Å². The number of rotatable bonds is 8. The highest BCUT2D eigenvalue weighted by molar-refractivity contribution is 7.99. The molecule has 2 heterocycles. The number of phenolic OH excluding ortho intramolecular Hbond substituents is 1. The molecule has 0 spiro atoms. The predicted octanol–water partition coefficient (Wildman–Crippen LogP) is 6.54. The van der Waals surface area contributed by atoms with Crippen LogP contribution in [0.3, 0.4) is 0 Å². The average molecular weight is 555 g/mol. The number of nitrogens with zero attached hydrogens (tertiary/aromatic N) is 1. The number of hydrogen-bond acceptors (Lipinski definition) is 5. The normalized spacial score (nSPS) is 17.8. The van der Waals surface area contributed by atoms with Gasteiger partial charge in [0.2, 0.25) is 0 Å². The van der Waals surface area contributed by atoms with Gasteiger partial charge in [-0.25, -0.2) is 0 Å². The molecule has 0 saturated carbocycles. The maximum absolute atomic E-state index is 13.5. The molecular formula is C27H30ClF3N2O3S. The highest BCUT2D eigenvalue weighted by atomic mass is 35.5. The number of halogens is 4. The number of aromatic hydroxyl groups is 1. The first-order valence-corrected chi connectivity index (χ1v) is 13.7. The van der Waals surface area contributed by atoms with Crippen LogP contribution >= 0.6 is 23.4 Å². The van der Waals surface area contributed by atoms with Gasteiger partial charge in [-0.2, -0.15) is 13.2 Å². The Labute approximate surface area is 222 Å². The lowest BCUT2D eigenvalue weighted by Gasteiger charge is -2.30. The van der Waals surface area contributed by atoms with Crippen molar-refractivity contribution in [2.75, 3.05) is 25.4 Å². The molecule has 4 rings (SSSR count). The van der Waals surface area contributed by atoms with Crippen LogP contribution in [-0.2, 0) is 6.18 Å². The Balaban J connectivity index is 1.62. The lowest BCUT2D eigenvalue weighted by Crippen LogP contribution is -2.35. The van der Waals surface area contributed by atoms with E-state index in [1.54, 1.807) is 0 Å². The highest BCUT2D eigenvalue weighted by Crippen LogP contribution is 2.42. The molecule has 1 saturated heterocycles. The summed E-state index contributed by atoms with van der Waals surface area (Å²) < 4.78 is 40.6. The molecule has 37 heavy (non-hydrogen) atoms. The molecule has 2 unspecified atom stereocenters. The van der Waals surface area contributed by atoms with Crippen LogP contribution in [0.4, 0.5) is 13.2 Å². The zero-order valence-corrected chi connectivity index (χ0v) is 22.0. The van der Waals surface area contributed by atoms with Gasteiger partial charge < -0.3 is 20.1 Å². The fourth-order valence-corrected chi connectivity index (χ4v) is 6.11. The summed E-state index contributed by atoms with van der Waals surface area (Å²) in [4.78, 5) is 18.2. The molecule has 1 aliphatic rings. The molecular weight excluding hydrogens is 525 g/mol. The van der Waals surface area contributed by atoms with Gasteiger partial charge in [-0.1, -0.05) is 18.5 Å². The van der Waals surface area contributed by atoms with E-state index in [1.165, 1.54) is 37.1 Å². The van der Waals surface area contributed by atoms with Crippen molar-refractivity contribution in [2.24, 2.45) is 5.92 Å². The second kappa shape index (κ2) is 11.7. The lowest BCUT2D eigenvalue weighted by atomic mass is 9.98. The largest absolute Gasteiger partial charge is 0.507 e. The quantitative estimate of drug-likeness (QED) is 0.276. The number of likely N-dealkylation sites (tertiary alicyclic amines) is 1. The van der Waals surface area contributed by atoms with Crippen LogP contribution in [0.2, 0.25) is 5.02 Å². The first-order valence-electron chi connectivity index (χ1n) is 12.3. The molecule has 5 nitrogen and oxygen atoms in total. The Morgan fingerprint density at radius 1 is 1.24 bits per heavy atom. The summed E-state index contributed by atoms with van der Waals surface area (Å²) in [5.74, 6) is 0.637. The van der Waals surface area contributed by atoms with Crippen molar-refractivity contribution >= 4 is 34.3 Å². The monoisotopic (exact) mass is 554 g/mol. The van der Waals surface area contributed by atoms with Crippen molar-refractivity contribution in [3.63, 3.8) is 0 Å². The molecule has 0 radical (unpaired) electrons. The number of nitrogens with one attached hydrogen (secondary N) is 1. The van der Waals surface area contributed by atoms with Crippen molar-refractivity contribution in [3.05, 3.63) is 57.3 Å². The van der Waals surface area contributed by atoms with Crippen LogP contribution in [0.1, 0.15) is 38.2 Å². The summed E-state index contributed by atoms with van der Waals surface area (Å²) in [6.07, 6.45) is -1.53. The molecule has 200 valence electrons. The van der Waals surface area contributed by atoms with E-state index in [1.807, 2.05) is 0 Å². The number of hydrogen-bond donors (Lipinski definition) is 3. The van der Waals surface area contributed by atoms with Crippen LogP contribution in [0.5, 0.6) is 5.75 Å². The summed E-state index contributed by atoms with van der Waals surface area (Å²) in [6, 6.07) is 7.28. The maximum Gasteiger partial charge on any atom is 0.416 e. The number of H-pyrrole nitrogens is 1. The second-order valence-electron chi connectivity index (χ2n) is 9.73. The van der Waals surface area contributed by atoms with Gasteiger partial charge in [-0.15, -0.1) is 11.8 Å². The van der Waals surface area contributed by atoms with Gasteiger partial charge in [0.05, 0.1) is 16.6 Å². The summed E-state index contributed by atoms with van der Waals surface area (Å²) in [7, 11) is 0. The van der Waals surface area contributed by atoms with Gasteiger partial charge in [0.25, 0.3) is 5.56 Å². The third-order valence-electron chi connectivity index (χ3n) is 6.70. The third kappa shape index (κ3) is 6.82. The van der Waals surface area contributed by atoms with E-state index in [-0.39, 0.29) is 43.5 Å². The number of piperidine rings is 1. The number of phenols is 1. The zero-order valence-electron chi connectivity index (χ0n) is 20.4. The zero-order chi connectivity index (χ0) is 26.7. The highest BCUT2D eigenvalue weighted by Gasteiger charge is 2.31. The first kappa shape index (κ1) is 27.8. The van der Waals surface area contributed by atoms with Crippen molar-refractivity contribution in [2.45, 2.75) is 49.8 Å². The lowest BCUT2D eigenvalue weighted by molar-refractivity contribution is -0.137. The predicted molar refractivity (Wildman–Crippen MR) is 142 cm³/mol. The number of alkyl halides is 3. The number of benzene rings is 2. The number of aliphatic hydroxyl groups is 1. The van der Waals surface area contributed by atoms with Gasteiger partial charge in [0.15, 0.2) is 0 Å². The van der Waals surface area contributed by atoms with Crippen LogP contribution in [0.25, 0.3) is 22.0 Å². The molecule has 3 N–H and O–H groups in total. The van der Waals surface area contributed by atoms with Crippen LogP contribution < -0.4 is 5.56 Å². The van der Waals surface area contributed by atoms with Crippen molar-refractivity contribution in [3.8, 4) is 16.9 Å². The van der Waals surface area contributed by atoms with E-state index in [0.29, 0.717) is 12.3 Å². The summed E-state index contributed by atoms with van der Waals surface area (Å²) in [5.41, 5.74) is -0.879. The summed E-state index contributed by atoms with van der Waals surface area (Å²) >= 11 is 7.21. The molecule has 1 aromatic heterocycles. The van der Waals surface area contributed by atoms with Gasteiger partial charge in [0, 0.05) is 39.4 Å². The van der Waals surface area contributed by atoms with Gasteiger partial charge in [-0.3, -0.25) is 4.79 Å². The fourth-order valence-electron chi connectivity index (χ4n) is 4.87. The smallest absolute Gasteiger partial charge is 0.416 e. The summed E-state index contributed by atoms with van der Waals surface area (Å²) in [6.45, 7) is 5.26. The number of pyridine rings is 1. The SMILES string of the molecule is CC1CCCN(CCCC(O)CSc2c(-c3cc(Cl)ccc3O)c3cc(C(F)(F)F)ccc3[nH]c2=O)C1. The number of thioether (sulfide) groups is 1. The number of fused-ring (bicyclic) bond motifs is 1. The Morgan fingerprint density at radius 2 is 2.03 bits per heavy atom. The molecule has 2 aromatic carbocycles. The van der Waals surface area contributed by atoms with E-state index in [9.17, 15) is 28.2 Å². The maximum atomic E-state index is 13.5. The fraction of sp³-hybridized carbons (Fsp3) is 0.444. The molecule has 3 aromatic rings. The number of aromatic nitrogens is 1. The van der Waals surface area contributed by atoms with Gasteiger partial charge >= 0.3 is 6.18 Å². The second-order valence-corrected chi connectivity index (χ2v) is 11.2. The minimum Gasteiger partial charge on any atom is -0.507 e. The minimum atomic E-state index is -4.59. The standard InChI is InChI=1S/C27H30ClF3N2O3S/c1-16-4-2-10-33(14-16)11-3-5-19(34)15-37-25-24(21-13-18(28)7-9-23(21)35)20-12-17(27(29,30)31)6-8-22(20)32-26(25)36/h6-9,12-13,16,19,34-35H,2-5,10-11,14-15H2,1H3,(H,32,36). The summed E-state index contributed by atoms with van der Waals surface area (Å²) in [5, 5.41) is 21.6. The topological polar surface area (TPSA) is 76.6 Å². The Hall–Kier alpha value is -2.20.